The van der Waals surface area contributed by atoms with E-state index < -0.39 is 5.97 Å². The SMILES string of the molecule is CC(=O)Nc1nc(C(=O)OCCOc2ccc(C#N)cc2)cs1. The van der Waals surface area contributed by atoms with Gasteiger partial charge >= 0.3 is 5.97 Å². The fourth-order valence-electron chi connectivity index (χ4n) is 1.57. The van der Waals surface area contributed by atoms with Crippen LogP contribution in [0.1, 0.15) is 23.0 Å². The molecule has 0 aliphatic heterocycles. The Hall–Kier alpha value is -2.92. The second kappa shape index (κ2) is 7.91. The summed E-state index contributed by atoms with van der Waals surface area (Å²) in [6, 6.07) is 8.62. The van der Waals surface area contributed by atoms with E-state index in [9.17, 15) is 9.59 Å². The van der Waals surface area contributed by atoms with E-state index in [2.05, 4.69) is 10.3 Å². The second-order valence-electron chi connectivity index (χ2n) is 4.34. The van der Waals surface area contributed by atoms with Crippen LogP contribution in [0.15, 0.2) is 29.6 Å². The molecule has 1 amide bonds. The number of nitrogens with one attached hydrogen (secondary N) is 1. The molecule has 0 aliphatic carbocycles. The van der Waals surface area contributed by atoms with Crippen LogP contribution in [0, 0.1) is 11.3 Å². The number of thiazole rings is 1. The third-order valence-corrected chi connectivity index (χ3v) is 3.32. The predicted molar refractivity (Wildman–Crippen MR) is 83.4 cm³/mol. The van der Waals surface area contributed by atoms with Gasteiger partial charge in [0, 0.05) is 12.3 Å². The molecule has 0 aliphatic rings. The molecule has 0 bridgehead atoms. The normalized spacial score (nSPS) is 9.74. The molecule has 0 saturated carbocycles. The fraction of sp³-hybridized carbons (Fsp3) is 0.200. The van der Waals surface area contributed by atoms with E-state index in [1.165, 1.54) is 12.3 Å². The minimum atomic E-state index is -0.582. The number of benzene rings is 1. The monoisotopic (exact) mass is 331 g/mol. The van der Waals surface area contributed by atoms with Gasteiger partial charge in [0.2, 0.25) is 5.91 Å². The molecule has 0 fully saturated rings. The molecule has 2 aromatic rings. The summed E-state index contributed by atoms with van der Waals surface area (Å²) in [5.74, 6) is -0.252. The maximum Gasteiger partial charge on any atom is 0.358 e. The molecule has 2 rings (SSSR count). The van der Waals surface area contributed by atoms with Crippen LogP contribution >= 0.6 is 11.3 Å². The Morgan fingerprint density at radius 3 is 2.70 bits per heavy atom. The Morgan fingerprint density at radius 1 is 1.30 bits per heavy atom. The van der Waals surface area contributed by atoms with Crippen LogP contribution in [-0.4, -0.2) is 30.1 Å². The van der Waals surface area contributed by atoms with Crippen LogP contribution in [-0.2, 0) is 9.53 Å². The highest BCUT2D eigenvalue weighted by Gasteiger charge is 2.12. The smallest absolute Gasteiger partial charge is 0.358 e. The van der Waals surface area contributed by atoms with Crippen LogP contribution < -0.4 is 10.1 Å². The molecule has 0 radical (unpaired) electrons. The lowest BCUT2D eigenvalue weighted by molar-refractivity contribution is -0.114. The molecule has 0 atom stereocenters. The summed E-state index contributed by atoms with van der Waals surface area (Å²) in [6.45, 7) is 1.60. The average Bonchev–Trinajstić information content (AvgIpc) is 2.99. The first-order valence-corrected chi connectivity index (χ1v) is 7.49. The first-order chi connectivity index (χ1) is 11.1. The van der Waals surface area contributed by atoms with Gasteiger partial charge in [0.15, 0.2) is 10.8 Å². The third-order valence-electron chi connectivity index (χ3n) is 2.56. The summed E-state index contributed by atoms with van der Waals surface area (Å²) in [4.78, 5) is 26.6. The number of hydrogen-bond acceptors (Lipinski definition) is 7. The summed E-state index contributed by atoms with van der Waals surface area (Å²) >= 11 is 1.14. The molecule has 1 heterocycles. The van der Waals surface area contributed by atoms with Gasteiger partial charge in [0.05, 0.1) is 11.6 Å². The number of nitrogens with zero attached hydrogens (tertiary/aromatic N) is 2. The van der Waals surface area contributed by atoms with E-state index in [1.54, 1.807) is 24.3 Å². The molecule has 1 N–H and O–H groups in total. The summed E-state index contributed by atoms with van der Waals surface area (Å²) < 4.78 is 10.4. The van der Waals surface area contributed by atoms with Crippen molar-refractivity contribution in [2.75, 3.05) is 18.5 Å². The molecule has 118 valence electrons. The number of rotatable bonds is 6. The molecule has 1 aromatic carbocycles. The quantitative estimate of drug-likeness (QED) is 0.643. The van der Waals surface area contributed by atoms with Crippen LogP contribution in [0.25, 0.3) is 0 Å². The maximum atomic E-state index is 11.8. The van der Waals surface area contributed by atoms with Gasteiger partial charge in [-0.15, -0.1) is 11.3 Å². The first kappa shape index (κ1) is 16.5. The van der Waals surface area contributed by atoms with E-state index >= 15 is 0 Å². The zero-order valence-electron chi connectivity index (χ0n) is 12.2. The van der Waals surface area contributed by atoms with E-state index in [0.717, 1.165) is 11.3 Å². The van der Waals surface area contributed by atoms with Gasteiger partial charge in [-0.25, -0.2) is 9.78 Å². The van der Waals surface area contributed by atoms with Gasteiger partial charge in [-0.05, 0) is 24.3 Å². The van der Waals surface area contributed by atoms with Crippen LogP contribution in [0.5, 0.6) is 5.75 Å². The Balaban J connectivity index is 1.75. The summed E-state index contributed by atoms with van der Waals surface area (Å²) in [6.07, 6.45) is 0. The number of carbonyl (C=O) groups excluding carboxylic acids is 2. The summed E-state index contributed by atoms with van der Waals surface area (Å²) in [5, 5.41) is 13.0. The highest BCUT2D eigenvalue weighted by molar-refractivity contribution is 7.14. The number of amides is 1. The van der Waals surface area contributed by atoms with Crippen LogP contribution in [0.3, 0.4) is 0 Å². The number of esters is 1. The molecule has 23 heavy (non-hydrogen) atoms. The number of aromatic nitrogens is 1. The van der Waals surface area contributed by atoms with Gasteiger partial charge in [0.1, 0.15) is 19.0 Å². The number of ether oxygens (including phenoxy) is 2. The van der Waals surface area contributed by atoms with Gasteiger partial charge in [-0.2, -0.15) is 5.26 Å². The molecular formula is C15H13N3O4S. The van der Waals surface area contributed by atoms with Crippen molar-refractivity contribution in [3.05, 3.63) is 40.9 Å². The molecule has 0 spiro atoms. The zero-order chi connectivity index (χ0) is 16.7. The lowest BCUT2D eigenvalue weighted by Gasteiger charge is -2.06. The van der Waals surface area contributed by atoms with Crippen molar-refractivity contribution in [1.82, 2.24) is 4.98 Å². The van der Waals surface area contributed by atoms with Crippen molar-refractivity contribution in [1.29, 1.82) is 5.26 Å². The Labute approximate surface area is 136 Å². The van der Waals surface area contributed by atoms with E-state index in [0.29, 0.717) is 16.4 Å². The minimum absolute atomic E-state index is 0.0613. The number of carbonyl (C=O) groups is 2. The van der Waals surface area contributed by atoms with E-state index in [1.807, 2.05) is 6.07 Å². The van der Waals surface area contributed by atoms with Gasteiger partial charge in [0.25, 0.3) is 0 Å². The Bertz CT molecular complexity index is 734. The van der Waals surface area contributed by atoms with Gasteiger partial charge in [-0.3, -0.25) is 4.79 Å². The van der Waals surface area contributed by atoms with Gasteiger partial charge < -0.3 is 14.8 Å². The van der Waals surface area contributed by atoms with Crippen molar-refractivity contribution in [2.24, 2.45) is 0 Å². The van der Waals surface area contributed by atoms with Crippen molar-refractivity contribution in [2.45, 2.75) is 6.92 Å². The molecule has 1 aromatic heterocycles. The van der Waals surface area contributed by atoms with Crippen molar-refractivity contribution >= 4 is 28.3 Å². The van der Waals surface area contributed by atoms with Crippen LogP contribution in [0.2, 0.25) is 0 Å². The lowest BCUT2D eigenvalue weighted by Crippen LogP contribution is -2.13. The molecule has 0 unspecified atom stereocenters. The standard InChI is InChI=1S/C15H13N3O4S/c1-10(19)17-15-18-13(9-23-15)14(20)22-7-6-21-12-4-2-11(8-16)3-5-12/h2-5,9H,6-7H2,1H3,(H,17,18,19). The number of nitriles is 1. The predicted octanol–water partition coefficient (Wildman–Crippen LogP) is 2.21. The van der Waals surface area contributed by atoms with Crippen molar-refractivity contribution in [3.63, 3.8) is 0 Å². The van der Waals surface area contributed by atoms with Crippen molar-refractivity contribution in [3.8, 4) is 11.8 Å². The van der Waals surface area contributed by atoms with E-state index in [4.69, 9.17) is 14.7 Å². The van der Waals surface area contributed by atoms with E-state index in [-0.39, 0.29) is 24.8 Å². The maximum absolute atomic E-state index is 11.8. The Morgan fingerprint density at radius 2 is 2.04 bits per heavy atom. The van der Waals surface area contributed by atoms with Crippen LogP contribution in [0.4, 0.5) is 5.13 Å². The molecule has 7 nitrogen and oxygen atoms in total. The minimum Gasteiger partial charge on any atom is -0.490 e. The highest BCUT2D eigenvalue weighted by Crippen LogP contribution is 2.16. The zero-order valence-corrected chi connectivity index (χ0v) is 13.1. The summed E-state index contributed by atoms with van der Waals surface area (Å²) in [5.41, 5.74) is 0.680. The molecule has 8 heteroatoms. The Kier molecular flexibility index (Phi) is 5.66. The summed E-state index contributed by atoms with van der Waals surface area (Å²) in [7, 11) is 0. The molecule has 0 saturated heterocycles. The topological polar surface area (TPSA) is 101 Å². The average molecular weight is 331 g/mol. The van der Waals surface area contributed by atoms with Crippen molar-refractivity contribution < 1.29 is 19.1 Å². The highest BCUT2D eigenvalue weighted by atomic mass is 32.1. The number of anilines is 1. The number of hydrogen-bond donors (Lipinski definition) is 1. The lowest BCUT2D eigenvalue weighted by atomic mass is 10.2. The second-order valence-corrected chi connectivity index (χ2v) is 5.20. The fourth-order valence-corrected chi connectivity index (χ4v) is 2.29. The van der Waals surface area contributed by atoms with Gasteiger partial charge in [-0.1, -0.05) is 0 Å². The molecular weight excluding hydrogens is 318 g/mol. The first-order valence-electron chi connectivity index (χ1n) is 6.61. The third kappa shape index (κ3) is 5.09. The largest absolute Gasteiger partial charge is 0.490 e.